The van der Waals surface area contributed by atoms with Gasteiger partial charge in [-0.3, -0.25) is 4.79 Å². The van der Waals surface area contributed by atoms with Crippen molar-refractivity contribution in [3.8, 4) is 22.6 Å². The fourth-order valence-corrected chi connectivity index (χ4v) is 4.43. The number of aromatic nitrogens is 2. The number of carbonyl (C=O) groups is 1. The average Bonchev–Trinajstić information content (AvgIpc) is 3.13. The van der Waals surface area contributed by atoms with E-state index in [-0.39, 0.29) is 11.9 Å². The summed E-state index contributed by atoms with van der Waals surface area (Å²) in [4.78, 5) is 18.3. The molecular weight excluding hydrogens is 358 g/mol. The summed E-state index contributed by atoms with van der Waals surface area (Å²) in [6.45, 7) is 2.14. The molecule has 1 amide bonds. The zero-order chi connectivity index (χ0) is 20.2. The largest absolute Gasteiger partial charge is 0.348 e. The van der Waals surface area contributed by atoms with Gasteiger partial charge in [0.25, 0.3) is 5.91 Å². The van der Waals surface area contributed by atoms with Crippen molar-refractivity contribution >= 4 is 5.91 Å². The summed E-state index contributed by atoms with van der Waals surface area (Å²) in [5, 5.41) is 3.28. The maximum atomic E-state index is 13.4. The molecule has 1 saturated carbocycles. The van der Waals surface area contributed by atoms with Crippen molar-refractivity contribution in [2.24, 2.45) is 13.0 Å². The Labute approximate surface area is 173 Å². The number of hydrogen-bond acceptors (Lipinski definition) is 2. The molecule has 0 saturated heterocycles. The second kappa shape index (κ2) is 8.64. The first kappa shape index (κ1) is 19.4. The zero-order valence-corrected chi connectivity index (χ0v) is 17.3. The third kappa shape index (κ3) is 4.12. The van der Waals surface area contributed by atoms with Crippen molar-refractivity contribution in [1.82, 2.24) is 14.9 Å². The molecule has 29 heavy (non-hydrogen) atoms. The molecule has 1 heterocycles. The number of nitrogens with zero attached hydrogens (tertiary/aromatic N) is 2. The van der Waals surface area contributed by atoms with Gasteiger partial charge >= 0.3 is 0 Å². The van der Waals surface area contributed by atoms with Gasteiger partial charge in [-0.1, -0.05) is 79.9 Å². The molecule has 1 aliphatic rings. The highest BCUT2D eigenvalue weighted by atomic mass is 16.2. The van der Waals surface area contributed by atoms with Gasteiger partial charge in [0.1, 0.15) is 17.2 Å². The van der Waals surface area contributed by atoms with Crippen LogP contribution < -0.4 is 5.32 Å². The van der Waals surface area contributed by atoms with E-state index >= 15 is 0 Å². The molecule has 0 spiro atoms. The van der Waals surface area contributed by atoms with Gasteiger partial charge in [0, 0.05) is 24.2 Å². The van der Waals surface area contributed by atoms with Gasteiger partial charge in [0.05, 0.1) is 0 Å². The fraction of sp³-hybridized carbons (Fsp3) is 0.360. The van der Waals surface area contributed by atoms with Crippen LogP contribution in [0.3, 0.4) is 0 Å². The van der Waals surface area contributed by atoms with Crippen molar-refractivity contribution in [3.63, 3.8) is 0 Å². The Hall–Kier alpha value is -2.88. The van der Waals surface area contributed by atoms with Crippen molar-refractivity contribution in [2.45, 2.75) is 45.1 Å². The number of nitrogens with one attached hydrogen (secondary N) is 1. The molecule has 1 atom stereocenters. The van der Waals surface area contributed by atoms with Crippen LogP contribution in [0.4, 0.5) is 0 Å². The molecule has 1 N–H and O–H groups in total. The van der Waals surface area contributed by atoms with Gasteiger partial charge in [0.15, 0.2) is 0 Å². The SMILES string of the molecule is C[C@H](NC(=O)c1c(-c2ccccc2)nc(-c2ccccc2)n1C)C1CCCCC1. The van der Waals surface area contributed by atoms with E-state index in [1.165, 1.54) is 32.1 Å². The molecule has 1 aromatic heterocycles. The van der Waals surface area contributed by atoms with Crippen molar-refractivity contribution < 1.29 is 4.79 Å². The van der Waals surface area contributed by atoms with E-state index in [0.717, 1.165) is 22.6 Å². The summed E-state index contributed by atoms with van der Waals surface area (Å²) in [6.07, 6.45) is 6.26. The lowest BCUT2D eigenvalue weighted by Crippen LogP contribution is -2.39. The normalized spacial score (nSPS) is 15.8. The van der Waals surface area contributed by atoms with E-state index in [0.29, 0.717) is 11.6 Å². The Kier molecular flexibility index (Phi) is 5.79. The number of hydrogen-bond donors (Lipinski definition) is 1. The lowest BCUT2D eigenvalue weighted by Gasteiger charge is -2.28. The highest BCUT2D eigenvalue weighted by molar-refractivity contribution is 5.99. The monoisotopic (exact) mass is 387 g/mol. The zero-order valence-electron chi connectivity index (χ0n) is 17.3. The van der Waals surface area contributed by atoms with Crippen LogP contribution in [-0.4, -0.2) is 21.5 Å². The molecule has 0 bridgehead atoms. The van der Waals surface area contributed by atoms with Crippen LogP contribution in [0.5, 0.6) is 0 Å². The van der Waals surface area contributed by atoms with Crippen molar-refractivity contribution in [2.75, 3.05) is 0 Å². The molecule has 4 nitrogen and oxygen atoms in total. The molecule has 4 rings (SSSR count). The molecule has 4 heteroatoms. The van der Waals surface area contributed by atoms with Crippen LogP contribution in [0, 0.1) is 5.92 Å². The number of carbonyl (C=O) groups excluding carboxylic acids is 1. The Balaban J connectivity index is 1.70. The summed E-state index contributed by atoms with van der Waals surface area (Å²) in [5.41, 5.74) is 3.32. The lowest BCUT2D eigenvalue weighted by atomic mass is 9.84. The smallest absolute Gasteiger partial charge is 0.270 e. The fourth-order valence-electron chi connectivity index (χ4n) is 4.43. The number of rotatable bonds is 5. The van der Waals surface area contributed by atoms with Gasteiger partial charge in [0.2, 0.25) is 0 Å². The minimum Gasteiger partial charge on any atom is -0.348 e. The number of benzene rings is 2. The summed E-state index contributed by atoms with van der Waals surface area (Å²) in [5.74, 6) is 1.33. The van der Waals surface area contributed by atoms with Crippen LogP contribution in [0.15, 0.2) is 60.7 Å². The molecule has 150 valence electrons. The van der Waals surface area contributed by atoms with Crippen molar-refractivity contribution in [1.29, 1.82) is 0 Å². The van der Waals surface area contributed by atoms with Gasteiger partial charge in [-0.25, -0.2) is 4.98 Å². The minimum atomic E-state index is -0.0425. The predicted molar refractivity (Wildman–Crippen MR) is 118 cm³/mol. The molecule has 1 fully saturated rings. The number of imidazole rings is 1. The van der Waals surface area contributed by atoms with Gasteiger partial charge < -0.3 is 9.88 Å². The Morgan fingerprint density at radius 1 is 0.966 bits per heavy atom. The van der Waals surface area contributed by atoms with Gasteiger partial charge in [-0.15, -0.1) is 0 Å². The first-order valence-electron chi connectivity index (χ1n) is 10.6. The Morgan fingerprint density at radius 3 is 2.17 bits per heavy atom. The summed E-state index contributed by atoms with van der Waals surface area (Å²) < 4.78 is 1.93. The quantitative estimate of drug-likeness (QED) is 0.632. The van der Waals surface area contributed by atoms with Crippen molar-refractivity contribution in [3.05, 3.63) is 66.4 Å². The van der Waals surface area contributed by atoms with Gasteiger partial charge in [-0.2, -0.15) is 0 Å². The highest BCUT2D eigenvalue weighted by Gasteiger charge is 2.27. The van der Waals surface area contributed by atoms with Crippen LogP contribution >= 0.6 is 0 Å². The van der Waals surface area contributed by atoms with Crippen LogP contribution in [0.25, 0.3) is 22.6 Å². The summed E-state index contributed by atoms with van der Waals surface area (Å²) in [7, 11) is 1.93. The first-order valence-corrected chi connectivity index (χ1v) is 10.6. The van der Waals surface area contributed by atoms with E-state index < -0.39 is 0 Å². The molecule has 2 aromatic carbocycles. The van der Waals surface area contributed by atoms with Crippen LogP contribution in [-0.2, 0) is 7.05 Å². The Morgan fingerprint density at radius 2 is 1.55 bits per heavy atom. The van der Waals surface area contributed by atoms with Crippen LogP contribution in [0.2, 0.25) is 0 Å². The molecule has 0 unspecified atom stereocenters. The van der Waals surface area contributed by atoms with E-state index in [4.69, 9.17) is 4.98 Å². The van der Waals surface area contributed by atoms with E-state index in [1.807, 2.05) is 72.3 Å². The second-order valence-corrected chi connectivity index (χ2v) is 8.08. The maximum Gasteiger partial charge on any atom is 0.270 e. The van der Waals surface area contributed by atoms with Crippen LogP contribution in [0.1, 0.15) is 49.5 Å². The Bertz CT molecular complexity index is 956. The molecule has 0 radical (unpaired) electrons. The molecular formula is C25H29N3O. The standard InChI is InChI=1S/C25H29N3O/c1-18(19-12-6-3-7-13-19)26-25(29)23-22(20-14-8-4-9-15-20)27-24(28(23)2)21-16-10-5-11-17-21/h4-5,8-11,14-19H,3,6-7,12-13H2,1-2H3,(H,26,29)/t18-/m0/s1. The first-order chi connectivity index (χ1) is 14.1. The molecule has 0 aliphatic heterocycles. The summed E-state index contributed by atoms with van der Waals surface area (Å²) in [6, 6.07) is 20.2. The van der Waals surface area contributed by atoms with E-state index in [2.05, 4.69) is 12.2 Å². The van der Waals surface area contributed by atoms with E-state index in [9.17, 15) is 4.79 Å². The summed E-state index contributed by atoms with van der Waals surface area (Å²) >= 11 is 0. The third-order valence-electron chi connectivity index (χ3n) is 6.11. The third-order valence-corrected chi connectivity index (χ3v) is 6.11. The molecule has 1 aliphatic carbocycles. The predicted octanol–water partition coefficient (Wildman–Crippen LogP) is 5.45. The second-order valence-electron chi connectivity index (χ2n) is 8.08. The maximum absolute atomic E-state index is 13.4. The molecule has 3 aromatic rings. The average molecular weight is 388 g/mol. The minimum absolute atomic E-state index is 0.0425. The number of amides is 1. The topological polar surface area (TPSA) is 46.9 Å². The highest BCUT2D eigenvalue weighted by Crippen LogP contribution is 2.30. The van der Waals surface area contributed by atoms with E-state index in [1.54, 1.807) is 0 Å². The lowest BCUT2D eigenvalue weighted by molar-refractivity contribution is 0.0912. The van der Waals surface area contributed by atoms with Gasteiger partial charge in [-0.05, 0) is 25.7 Å².